The smallest absolute Gasteiger partial charge is 0.246 e. The third kappa shape index (κ3) is 8.69. The molecule has 0 spiro atoms. The molecule has 2 aromatic rings. The highest BCUT2D eigenvalue weighted by molar-refractivity contribution is 6.30. The van der Waals surface area contributed by atoms with Crippen LogP contribution in [-0.2, 0) is 17.9 Å². The Kier molecular flexibility index (Phi) is 11.2. The Hall–Kier alpha value is -2.69. The first kappa shape index (κ1) is 28.9. The number of carbonyl (C=O) groups is 1. The molecule has 37 heavy (non-hydrogen) atoms. The van der Waals surface area contributed by atoms with E-state index in [0.29, 0.717) is 19.1 Å². The second-order valence-corrected chi connectivity index (χ2v) is 10.2. The molecule has 0 saturated carbocycles. The molecule has 0 aromatic heterocycles. The first-order valence-electron chi connectivity index (χ1n) is 12.9. The zero-order chi connectivity index (χ0) is 26.8. The lowest BCUT2D eigenvalue weighted by molar-refractivity contribution is -0.127. The van der Waals surface area contributed by atoms with Crippen LogP contribution in [0.1, 0.15) is 30.5 Å². The largest absolute Gasteiger partial charge is 0.337 e. The van der Waals surface area contributed by atoms with Crippen LogP contribution in [0.5, 0.6) is 0 Å². The van der Waals surface area contributed by atoms with Crippen LogP contribution in [-0.4, -0.2) is 83.9 Å². The molecule has 0 atom stereocenters. The standard InChI is InChI=1S/C28H36ClFN4O.C2H2/c1-22(2)33-15-11-32(12-16-33)21-25-19-26(29)7-5-24(25)6-10-28(35)34-17-13-31(14-18-34)20-23-3-8-27(30)9-4-23;1-2/h3-10,19,22H,11-18,20-21H2,1-2H3;1-2H/b10-6+;. The highest BCUT2D eigenvalue weighted by Gasteiger charge is 2.21. The van der Waals surface area contributed by atoms with E-state index in [1.54, 1.807) is 6.08 Å². The number of terminal acetylenes is 1. The number of hydrogen-bond donors (Lipinski definition) is 0. The molecule has 0 aliphatic carbocycles. The van der Waals surface area contributed by atoms with Crippen molar-refractivity contribution in [2.24, 2.45) is 0 Å². The van der Waals surface area contributed by atoms with E-state index >= 15 is 0 Å². The summed E-state index contributed by atoms with van der Waals surface area (Å²) in [6.45, 7) is 13.3. The minimum absolute atomic E-state index is 0.0397. The summed E-state index contributed by atoms with van der Waals surface area (Å²) in [4.78, 5) is 22.1. The van der Waals surface area contributed by atoms with Crippen LogP contribution in [0.3, 0.4) is 0 Å². The number of nitrogens with zero attached hydrogens (tertiary/aromatic N) is 4. The number of piperazine rings is 2. The predicted octanol–water partition coefficient (Wildman–Crippen LogP) is 4.61. The van der Waals surface area contributed by atoms with Crippen LogP contribution in [0.15, 0.2) is 48.5 Å². The molecule has 0 N–H and O–H groups in total. The first-order valence-corrected chi connectivity index (χ1v) is 13.3. The number of halogens is 2. The van der Waals surface area contributed by atoms with Gasteiger partial charge in [-0.2, -0.15) is 0 Å². The third-order valence-electron chi connectivity index (χ3n) is 7.05. The monoisotopic (exact) mass is 524 g/mol. The fourth-order valence-electron chi connectivity index (χ4n) is 4.79. The van der Waals surface area contributed by atoms with E-state index in [1.165, 1.54) is 12.1 Å². The van der Waals surface area contributed by atoms with E-state index in [9.17, 15) is 9.18 Å². The molecular formula is C30H38ClFN4O. The van der Waals surface area contributed by atoms with Gasteiger partial charge in [-0.05, 0) is 60.9 Å². The summed E-state index contributed by atoms with van der Waals surface area (Å²) in [7, 11) is 0. The zero-order valence-electron chi connectivity index (χ0n) is 22.0. The van der Waals surface area contributed by atoms with Crippen LogP contribution in [0, 0.1) is 18.7 Å². The van der Waals surface area contributed by atoms with Crippen molar-refractivity contribution < 1.29 is 9.18 Å². The highest BCUT2D eigenvalue weighted by Crippen LogP contribution is 2.21. The van der Waals surface area contributed by atoms with Gasteiger partial charge in [0.25, 0.3) is 0 Å². The molecule has 2 aliphatic heterocycles. The summed E-state index contributed by atoms with van der Waals surface area (Å²) in [6.07, 6.45) is 11.6. The Balaban J connectivity index is 0.00000186. The Bertz CT molecular complexity index is 1050. The fourth-order valence-corrected chi connectivity index (χ4v) is 4.99. The highest BCUT2D eigenvalue weighted by atomic mass is 35.5. The molecule has 2 aromatic carbocycles. The molecule has 7 heteroatoms. The van der Waals surface area contributed by atoms with Crippen LogP contribution in [0.25, 0.3) is 6.08 Å². The van der Waals surface area contributed by atoms with Gasteiger partial charge in [-0.1, -0.05) is 29.8 Å². The number of carbonyl (C=O) groups excluding carboxylic acids is 1. The van der Waals surface area contributed by atoms with Crippen molar-refractivity contribution in [2.75, 3.05) is 52.4 Å². The maximum atomic E-state index is 13.1. The Morgan fingerprint density at radius 1 is 0.919 bits per heavy atom. The molecule has 0 radical (unpaired) electrons. The van der Waals surface area contributed by atoms with Crippen molar-refractivity contribution in [3.8, 4) is 12.8 Å². The Morgan fingerprint density at radius 3 is 2.14 bits per heavy atom. The molecule has 5 nitrogen and oxygen atoms in total. The topological polar surface area (TPSA) is 30.0 Å². The molecule has 0 bridgehead atoms. The SMILES string of the molecule is C#C.CC(C)N1CCN(Cc2cc(Cl)ccc2/C=C/C(=O)N2CCN(Cc3ccc(F)cc3)CC2)CC1. The second kappa shape index (κ2) is 14.3. The van der Waals surface area contributed by atoms with E-state index in [4.69, 9.17) is 11.6 Å². The van der Waals surface area contributed by atoms with Gasteiger partial charge in [-0.15, -0.1) is 12.8 Å². The van der Waals surface area contributed by atoms with E-state index in [1.807, 2.05) is 41.3 Å². The predicted molar refractivity (Wildman–Crippen MR) is 151 cm³/mol. The second-order valence-electron chi connectivity index (χ2n) is 9.81. The third-order valence-corrected chi connectivity index (χ3v) is 7.28. The van der Waals surface area contributed by atoms with Gasteiger partial charge in [0.1, 0.15) is 5.82 Å². The number of benzene rings is 2. The van der Waals surface area contributed by atoms with Gasteiger partial charge >= 0.3 is 0 Å². The number of amides is 1. The van der Waals surface area contributed by atoms with Crippen molar-refractivity contribution >= 4 is 23.6 Å². The Labute approximate surface area is 226 Å². The molecule has 2 heterocycles. The van der Waals surface area contributed by atoms with Gasteiger partial charge in [0.15, 0.2) is 0 Å². The lowest BCUT2D eigenvalue weighted by Gasteiger charge is -2.37. The van der Waals surface area contributed by atoms with Gasteiger partial charge < -0.3 is 4.90 Å². The van der Waals surface area contributed by atoms with Crippen LogP contribution in [0.2, 0.25) is 5.02 Å². The van der Waals surface area contributed by atoms with Gasteiger partial charge in [-0.3, -0.25) is 19.5 Å². The lowest BCUT2D eigenvalue weighted by atomic mass is 10.1. The van der Waals surface area contributed by atoms with Gasteiger partial charge in [0, 0.05) is 82.6 Å². The van der Waals surface area contributed by atoms with Crippen LogP contribution >= 0.6 is 11.6 Å². The maximum absolute atomic E-state index is 13.1. The lowest BCUT2D eigenvalue weighted by Crippen LogP contribution is -2.48. The first-order chi connectivity index (χ1) is 17.9. The van der Waals surface area contributed by atoms with Crippen molar-refractivity contribution in [1.82, 2.24) is 19.6 Å². The zero-order valence-corrected chi connectivity index (χ0v) is 22.7. The summed E-state index contributed by atoms with van der Waals surface area (Å²) in [6, 6.07) is 13.1. The van der Waals surface area contributed by atoms with Gasteiger partial charge in [0.05, 0.1) is 0 Å². The van der Waals surface area contributed by atoms with Crippen molar-refractivity contribution in [3.63, 3.8) is 0 Å². The van der Waals surface area contributed by atoms with Gasteiger partial charge in [0.2, 0.25) is 5.91 Å². The van der Waals surface area contributed by atoms with E-state index in [2.05, 4.69) is 41.4 Å². The number of hydrogen-bond acceptors (Lipinski definition) is 4. The summed E-state index contributed by atoms with van der Waals surface area (Å²) in [5.74, 6) is -0.175. The average Bonchev–Trinajstić information content (AvgIpc) is 2.91. The van der Waals surface area contributed by atoms with Crippen molar-refractivity contribution in [2.45, 2.75) is 33.0 Å². The summed E-state index contributed by atoms with van der Waals surface area (Å²) >= 11 is 6.31. The maximum Gasteiger partial charge on any atom is 0.246 e. The van der Waals surface area contributed by atoms with Crippen molar-refractivity contribution in [1.29, 1.82) is 0 Å². The minimum Gasteiger partial charge on any atom is -0.337 e. The normalized spacial score (nSPS) is 17.6. The fraction of sp³-hybridized carbons (Fsp3) is 0.433. The molecular weight excluding hydrogens is 487 g/mol. The average molecular weight is 525 g/mol. The summed E-state index contributed by atoms with van der Waals surface area (Å²) in [5, 5.41) is 0.724. The van der Waals surface area contributed by atoms with E-state index in [-0.39, 0.29) is 11.7 Å². The van der Waals surface area contributed by atoms with E-state index < -0.39 is 0 Å². The summed E-state index contributed by atoms with van der Waals surface area (Å²) < 4.78 is 13.1. The molecule has 4 rings (SSSR count). The molecule has 0 unspecified atom stereocenters. The molecule has 198 valence electrons. The quantitative estimate of drug-likeness (QED) is 0.391. The molecule has 1 amide bonds. The van der Waals surface area contributed by atoms with Crippen LogP contribution < -0.4 is 0 Å². The Morgan fingerprint density at radius 2 is 1.51 bits per heavy atom. The minimum atomic E-state index is -0.214. The van der Waals surface area contributed by atoms with E-state index in [0.717, 1.165) is 74.1 Å². The molecule has 2 aliphatic rings. The molecule has 2 fully saturated rings. The van der Waals surface area contributed by atoms with Crippen LogP contribution in [0.4, 0.5) is 4.39 Å². The summed E-state index contributed by atoms with van der Waals surface area (Å²) in [5.41, 5.74) is 3.29. The molecule has 2 saturated heterocycles. The number of rotatable bonds is 7. The van der Waals surface area contributed by atoms with Crippen molar-refractivity contribution in [3.05, 3.63) is 76.1 Å². The van der Waals surface area contributed by atoms with Gasteiger partial charge in [-0.25, -0.2) is 4.39 Å².